The van der Waals surface area contributed by atoms with E-state index in [1.165, 1.54) is 25.7 Å². The maximum atomic E-state index is 12.3. The summed E-state index contributed by atoms with van der Waals surface area (Å²) in [4.78, 5) is 14.3. The third-order valence-corrected chi connectivity index (χ3v) is 4.96. The Morgan fingerprint density at radius 3 is 2.56 bits per heavy atom. The van der Waals surface area contributed by atoms with Gasteiger partial charge in [0.25, 0.3) is 0 Å². The summed E-state index contributed by atoms with van der Waals surface area (Å²) in [6, 6.07) is 10.2. The van der Waals surface area contributed by atoms with Crippen molar-refractivity contribution >= 4 is 5.91 Å². The molecule has 1 aliphatic rings. The number of rotatable bonds is 10. The Labute approximate surface area is 166 Å². The van der Waals surface area contributed by atoms with Crippen molar-refractivity contribution in [1.82, 2.24) is 4.90 Å². The topological polar surface area (TPSA) is 40.5 Å². The molecule has 1 aliphatic heterocycles. The van der Waals surface area contributed by atoms with Crippen LogP contribution in [0, 0.1) is 0 Å². The first kappa shape index (κ1) is 23.4. The summed E-state index contributed by atoms with van der Waals surface area (Å²) in [5.74, 6) is 0.272. The number of piperidine rings is 1. The van der Waals surface area contributed by atoms with E-state index in [9.17, 15) is 9.90 Å². The smallest absolute Gasteiger partial charge is 0.223 e. The van der Waals surface area contributed by atoms with Gasteiger partial charge in [0.15, 0.2) is 0 Å². The molecule has 3 heteroatoms. The van der Waals surface area contributed by atoms with Crippen LogP contribution in [0.25, 0.3) is 0 Å². The van der Waals surface area contributed by atoms with Crippen LogP contribution >= 0.6 is 0 Å². The van der Waals surface area contributed by atoms with Crippen molar-refractivity contribution in [2.24, 2.45) is 0 Å². The minimum Gasteiger partial charge on any atom is -0.389 e. The van der Waals surface area contributed by atoms with Gasteiger partial charge in [0.05, 0.1) is 12.1 Å². The molecule has 3 nitrogen and oxygen atoms in total. The number of aliphatic hydroxyl groups excluding tert-OH is 1. The third-order valence-electron chi connectivity index (χ3n) is 4.96. The molecule has 0 aromatic heterocycles. The molecule has 1 fully saturated rings. The molecule has 0 aliphatic carbocycles. The molecule has 0 saturated carbocycles. The summed E-state index contributed by atoms with van der Waals surface area (Å²) in [5, 5.41) is 10.3. The Hall–Kier alpha value is -1.61. The first-order valence-electron chi connectivity index (χ1n) is 10.9. The second-order valence-electron chi connectivity index (χ2n) is 7.10. The van der Waals surface area contributed by atoms with E-state index in [2.05, 4.69) is 13.0 Å². The van der Waals surface area contributed by atoms with Crippen LogP contribution in [0.3, 0.4) is 0 Å². The number of amides is 1. The van der Waals surface area contributed by atoms with Gasteiger partial charge < -0.3 is 10.0 Å². The molecule has 0 spiro atoms. The largest absolute Gasteiger partial charge is 0.389 e. The number of carbonyl (C=O) groups excluding carboxylic acids is 1. The van der Waals surface area contributed by atoms with E-state index in [0.717, 1.165) is 31.4 Å². The summed E-state index contributed by atoms with van der Waals surface area (Å²) >= 11 is 0. The van der Waals surface area contributed by atoms with E-state index in [-0.39, 0.29) is 11.9 Å². The van der Waals surface area contributed by atoms with Gasteiger partial charge in [0, 0.05) is 19.4 Å². The number of carbonyl (C=O) groups is 1. The summed E-state index contributed by atoms with van der Waals surface area (Å²) in [5.41, 5.74) is 1.13. The number of hydrogen-bond donors (Lipinski definition) is 1. The second kappa shape index (κ2) is 14.4. The van der Waals surface area contributed by atoms with Crippen LogP contribution in [0.5, 0.6) is 0 Å². The average molecular weight is 374 g/mol. The highest BCUT2D eigenvalue weighted by Gasteiger charge is 2.25. The number of unbranched alkanes of at least 4 members (excludes halogenated alkanes) is 4. The van der Waals surface area contributed by atoms with E-state index >= 15 is 0 Å². The van der Waals surface area contributed by atoms with Crippen LogP contribution in [-0.4, -0.2) is 34.6 Å². The number of aliphatic hydroxyl groups is 1. The lowest BCUT2D eigenvalue weighted by atomic mass is 9.99. The van der Waals surface area contributed by atoms with Crippen LogP contribution in [0.4, 0.5) is 0 Å². The molecule has 0 bridgehead atoms. The van der Waals surface area contributed by atoms with E-state index in [0.29, 0.717) is 12.8 Å². The fourth-order valence-electron chi connectivity index (χ4n) is 3.50. The molecular formula is C24H39NO2. The molecule has 1 heterocycles. The Morgan fingerprint density at radius 2 is 1.85 bits per heavy atom. The maximum absolute atomic E-state index is 12.3. The van der Waals surface area contributed by atoms with Crippen molar-refractivity contribution < 1.29 is 9.90 Å². The highest BCUT2D eigenvalue weighted by molar-refractivity contribution is 5.77. The minimum atomic E-state index is -0.495. The molecule has 1 saturated heterocycles. The Kier molecular flexibility index (Phi) is 12.5. The first-order chi connectivity index (χ1) is 13.2. The van der Waals surface area contributed by atoms with Gasteiger partial charge in [-0.15, -0.1) is 0 Å². The number of benzene rings is 1. The number of nitrogens with zero attached hydrogens (tertiary/aromatic N) is 1. The normalized spacial score (nSPS) is 18.3. The molecule has 2 rings (SSSR count). The zero-order chi connectivity index (χ0) is 19.9. The van der Waals surface area contributed by atoms with Gasteiger partial charge in [0.1, 0.15) is 0 Å². The molecule has 2 unspecified atom stereocenters. The van der Waals surface area contributed by atoms with Crippen molar-refractivity contribution in [3.63, 3.8) is 0 Å². The SMILES string of the molecule is CC.CCCCCCCN1C(=O)CCCC1/C=C/C(O)Cc1ccccc1. The summed E-state index contributed by atoms with van der Waals surface area (Å²) < 4.78 is 0. The van der Waals surface area contributed by atoms with Gasteiger partial charge in [-0.2, -0.15) is 0 Å². The lowest BCUT2D eigenvalue weighted by Crippen LogP contribution is -2.43. The fourth-order valence-corrected chi connectivity index (χ4v) is 3.50. The predicted molar refractivity (Wildman–Crippen MR) is 115 cm³/mol. The highest BCUT2D eigenvalue weighted by atomic mass is 16.3. The number of likely N-dealkylation sites (tertiary alicyclic amines) is 1. The van der Waals surface area contributed by atoms with Crippen molar-refractivity contribution in [3.8, 4) is 0 Å². The maximum Gasteiger partial charge on any atom is 0.223 e. The van der Waals surface area contributed by atoms with E-state index in [1.807, 2.05) is 55.2 Å². The second-order valence-corrected chi connectivity index (χ2v) is 7.10. The molecular weight excluding hydrogens is 334 g/mol. The van der Waals surface area contributed by atoms with Crippen LogP contribution in [0.1, 0.15) is 77.7 Å². The lowest BCUT2D eigenvalue weighted by Gasteiger charge is -2.34. The van der Waals surface area contributed by atoms with Crippen LogP contribution in [-0.2, 0) is 11.2 Å². The molecule has 152 valence electrons. The quantitative estimate of drug-likeness (QED) is 0.433. The van der Waals surface area contributed by atoms with Crippen molar-refractivity contribution in [2.45, 2.75) is 90.7 Å². The van der Waals surface area contributed by atoms with E-state index in [1.54, 1.807) is 0 Å². The van der Waals surface area contributed by atoms with Crippen LogP contribution < -0.4 is 0 Å². The molecule has 1 aromatic rings. The summed E-state index contributed by atoms with van der Waals surface area (Å²) in [7, 11) is 0. The first-order valence-corrected chi connectivity index (χ1v) is 10.9. The Morgan fingerprint density at radius 1 is 1.15 bits per heavy atom. The zero-order valence-electron chi connectivity index (χ0n) is 17.6. The van der Waals surface area contributed by atoms with Gasteiger partial charge >= 0.3 is 0 Å². The fraction of sp³-hybridized carbons (Fsp3) is 0.625. The third kappa shape index (κ3) is 9.23. The van der Waals surface area contributed by atoms with Crippen molar-refractivity contribution in [1.29, 1.82) is 0 Å². The lowest BCUT2D eigenvalue weighted by molar-refractivity contribution is -0.135. The molecule has 0 radical (unpaired) electrons. The van der Waals surface area contributed by atoms with E-state index in [4.69, 9.17) is 0 Å². The van der Waals surface area contributed by atoms with Gasteiger partial charge in [-0.3, -0.25) is 4.79 Å². The van der Waals surface area contributed by atoms with Crippen LogP contribution in [0.15, 0.2) is 42.5 Å². The van der Waals surface area contributed by atoms with Gasteiger partial charge in [-0.25, -0.2) is 0 Å². The Bertz CT molecular complexity index is 526. The van der Waals surface area contributed by atoms with Gasteiger partial charge in [-0.05, 0) is 24.8 Å². The molecule has 27 heavy (non-hydrogen) atoms. The van der Waals surface area contributed by atoms with Gasteiger partial charge in [0.2, 0.25) is 5.91 Å². The van der Waals surface area contributed by atoms with Crippen molar-refractivity contribution in [2.75, 3.05) is 6.54 Å². The standard InChI is InChI=1S/C22H33NO2.C2H6/c1-2-3-4-5-9-17-23-20(13-10-14-22(23)25)15-16-21(24)18-19-11-7-6-8-12-19;1-2/h6-8,11-12,15-16,20-21,24H,2-5,9-10,13-14,17-18H2,1H3;1-2H3/b16-15+;. The van der Waals surface area contributed by atoms with Gasteiger partial charge in [-0.1, -0.05) is 88.9 Å². The Balaban J connectivity index is 0.00000176. The monoisotopic (exact) mass is 373 g/mol. The zero-order valence-corrected chi connectivity index (χ0v) is 17.6. The molecule has 1 N–H and O–H groups in total. The molecule has 1 aromatic carbocycles. The average Bonchev–Trinajstić information content (AvgIpc) is 2.70. The van der Waals surface area contributed by atoms with E-state index < -0.39 is 6.10 Å². The molecule has 1 amide bonds. The van der Waals surface area contributed by atoms with Crippen molar-refractivity contribution in [3.05, 3.63) is 48.0 Å². The summed E-state index contributed by atoms with van der Waals surface area (Å²) in [6.07, 6.45) is 12.8. The number of hydrogen-bond acceptors (Lipinski definition) is 2. The highest BCUT2D eigenvalue weighted by Crippen LogP contribution is 2.21. The minimum absolute atomic E-state index is 0.151. The molecule has 2 atom stereocenters. The summed E-state index contributed by atoms with van der Waals surface area (Å²) in [6.45, 7) is 7.07. The van der Waals surface area contributed by atoms with Crippen LogP contribution in [0.2, 0.25) is 0 Å². The predicted octanol–water partition coefficient (Wildman–Crippen LogP) is 5.52.